The van der Waals surface area contributed by atoms with E-state index in [1.165, 1.54) is 29.3 Å². The molecule has 51 heavy (non-hydrogen) atoms. The molecule has 1 saturated heterocycles. The number of hydrogen-bond acceptors (Lipinski definition) is 10. The lowest BCUT2D eigenvalue weighted by Crippen LogP contribution is -2.34. The summed E-state index contributed by atoms with van der Waals surface area (Å²) in [5, 5.41) is 20.7. The molecule has 0 bridgehead atoms. The quantitative estimate of drug-likeness (QED) is 0.105. The van der Waals surface area contributed by atoms with Gasteiger partial charge in [-0.05, 0) is 55.8 Å². The number of hydrazine groups is 1. The second-order valence-electron chi connectivity index (χ2n) is 11.6. The number of carbonyl (C=O) groups excluding carboxylic acids is 3. The van der Waals surface area contributed by atoms with Crippen LogP contribution >= 0.6 is 0 Å². The Bertz CT molecular complexity index is 2090. The monoisotopic (exact) mass is 727 g/mol. The molecule has 0 aliphatic carbocycles. The Labute approximate surface area is 288 Å². The summed E-state index contributed by atoms with van der Waals surface area (Å²) in [7, 11) is -4.44. The van der Waals surface area contributed by atoms with Crippen LogP contribution in [-0.2, 0) is 25.8 Å². The molecule has 19 heteroatoms. The number of rotatable bonds is 10. The molecule has 2 aliphatic heterocycles. The molecule has 0 radical (unpaired) electrons. The van der Waals surface area contributed by atoms with E-state index in [0.717, 1.165) is 33.3 Å². The number of carbonyl (C=O) groups is 3. The van der Waals surface area contributed by atoms with E-state index in [9.17, 15) is 41.2 Å². The van der Waals surface area contributed by atoms with Crippen LogP contribution in [-0.4, -0.2) is 77.4 Å². The summed E-state index contributed by atoms with van der Waals surface area (Å²) in [6, 6.07) is 18.6. The minimum absolute atomic E-state index is 0.0684. The van der Waals surface area contributed by atoms with E-state index < -0.39 is 46.5 Å². The number of hydrogen-bond donors (Lipinski definition) is 1. The molecule has 1 atom stereocenters. The van der Waals surface area contributed by atoms with Gasteiger partial charge in [-0.2, -0.15) is 18.3 Å². The van der Waals surface area contributed by atoms with Crippen molar-refractivity contribution in [1.29, 1.82) is 0 Å². The maximum Gasteiger partial charge on any atom is 0.435 e. The van der Waals surface area contributed by atoms with E-state index >= 15 is 0 Å². The topological polar surface area (TPSA) is 179 Å². The fourth-order valence-corrected chi connectivity index (χ4v) is 6.34. The lowest BCUT2D eigenvalue weighted by molar-refractivity contribution is -0.708. The maximum absolute atomic E-state index is 13.5. The van der Waals surface area contributed by atoms with Crippen molar-refractivity contribution in [3.63, 3.8) is 0 Å². The van der Waals surface area contributed by atoms with Gasteiger partial charge in [-0.25, -0.2) is 27.5 Å². The van der Waals surface area contributed by atoms with Gasteiger partial charge in [0.2, 0.25) is 12.0 Å². The van der Waals surface area contributed by atoms with Crippen LogP contribution in [0, 0.1) is 18.0 Å². The van der Waals surface area contributed by atoms with E-state index in [0.29, 0.717) is 12.0 Å². The van der Waals surface area contributed by atoms with E-state index in [1.54, 1.807) is 41.1 Å². The largest absolute Gasteiger partial charge is 0.569 e. The number of ether oxygens (including phenoxy) is 1. The van der Waals surface area contributed by atoms with E-state index in [-0.39, 0.29) is 58.0 Å². The number of sulfonamides is 1. The Morgan fingerprint density at radius 3 is 2.31 bits per heavy atom. The standard InChI is InChI=1S/C32H28F3N7O8S/c1-20-6-8-22(9-7-20)27-16-28(32(33,34)35)36-41(27)23-10-12-24(13-11-23)51(47,48)37-31(45)49-18-21-14-15-39(17-21)42(46)38-50-19-40-29(43)25-4-2-3-5-26(25)30(40)44/h2-13,16,21H,14-15,17-19H2,1H3,(H,37,45)/b42-38+. The van der Waals surface area contributed by atoms with Gasteiger partial charge in [0.1, 0.15) is 0 Å². The van der Waals surface area contributed by atoms with Crippen LogP contribution in [0.4, 0.5) is 18.0 Å². The average molecular weight is 728 g/mol. The predicted molar refractivity (Wildman–Crippen MR) is 169 cm³/mol. The summed E-state index contributed by atoms with van der Waals surface area (Å²) in [5.74, 6) is -1.54. The average Bonchev–Trinajstić information content (AvgIpc) is 3.82. The van der Waals surface area contributed by atoms with Crippen LogP contribution in [0.1, 0.15) is 38.4 Å². The summed E-state index contributed by atoms with van der Waals surface area (Å²) in [4.78, 5) is 42.7. The SMILES string of the molecule is Cc1ccc(-c2cc(C(F)(F)F)nn2-c2ccc(S(=O)(=O)NC(=O)OCC3CCN(/[N+]([O-])=N\OCN4C(=O)c5ccccc5C4=O)C3)cc2)cc1. The highest BCUT2D eigenvalue weighted by molar-refractivity contribution is 7.90. The molecule has 3 aromatic carbocycles. The molecule has 1 fully saturated rings. The van der Waals surface area contributed by atoms with Crippen LogP contribution in [0.15, 0.2) is 89.0 Å². The van der Waals surface area contributed by atoms with Gasteiger partial charge in [0.05, 0.1) is 52.1 Å². The molecule has 3 heterocycles. The number of benzene rings is 3. The van der Waals surface area contributed by atoms with E-state index in [2.05, 4.69) is 10.4 Å². The van der Waals surface area contributed by atoms with Gasteiger partial charge in [-0.1, -0.05) is 42.0 Å². The van der Waals surface area contributed by atoms with Crippen LogP contribution in [0.25, 0.3) is 16.9 Å². The molecule has 2 aliphatic rings. The number of imide groups is 1. The lowest BCUT2D eigenvalue weighted by Gasteiger charge is -2.14. The highest BCUT2D eigenvalue weighted by atomic mass is 32.2. The van der Waals surface area contributed by atoms with Crippen molar-refractivity contribution in [2.45, 2.75) is 24.4 Å². The summed E-state index contributed by atoms with van der Waals surface area (Å²) < 4.78 is 74.2. The first-order valence-corrected chi connectivity index (χ1v) is 16.7. The van der Waals surface area contributed by atoms with Gasteiger partial charge in [0, 0.05) is 11.5 Å². The number of alkyl halides is 3. The maximum atomic E-state index is 13.5. The van der Waals surface area contributed by atoms with Crippen LogP contribution in [0.5, 0.6) is 0 Å². The van der Waals surface area contributed by atoms with Crippen molar-refractivity contribution < 1.29 is 50.5 Å². The first-order valence-electron chi connectivity index (χ1n) is 15.3. The summed E-state index contributed by atoms with van der Waals surface area (Å²) >= 11 is 0. The van der Waals surface area contributed by atoms with Gasteiger partial charge >= 0.3 is 12.3 Å². The normalized spacial score (nSPS) is 16.4. The van der Waals surface area contributed by atoms with Crippen LogP contribution < -0.4 is 4.72 Å². The zero-order valence-electron chi connectivity index (χ0n) is 26.6. The van der Waals surface area contributed by atoms with Gasteiger partial charge in [-0.15, -0.1) is 5.01 Å². The second kappa shape index (κ2) is 13.7. The number of nitrogens with zero attached hydrogens (tertiary/aromatic N) is 6. The zero-order valence-corrected chi connectivity index (χ0v) is 27.4. The molecular weight excluding hydrogens is 699 g/mol. The van der Waals surface area contributed by atoms with Crippen LogP contribution in [0.3, 0.4) is 0 Å². The number of nitrogens with one attached hydrogen (secondary N) is 1. The predicted octanol–water partition coefficient (Wildman–Crippen LogP) is 4.67. The van der Waals surface area contributed by atoms with Crippen molar-refractivity contribution in [3.8, 4) is 16.9 Å². The Morgan fingerprint density at radius 2 is 1.69 bits per heavy atom. The third-order valence-corrected chi connectivity index (χ3v) is 9.43. The molecule has 1 N–H and O–H groups in total. The van der Waals surface area contributed by atoms with Gasteiger partial charge in [0.15, 0.2) is 5.69 Å². The summed E-state index contributed by atoms with van der Waals surface area (Å²) in [5.41, 5.74) is 0.931. The van der Waals surface area contributed by atoms with Gasteiger partial charge in [-0.3, -0.25) is 9.59 Å². The number of aromatic nitrogens is 2. The molecule has 4 aromatic rings. The van der Waals surface area contributed by atoms with E-state index in [1.807, 2.05) is 6.92 Å². The second-order valence-corrected chi connectivity index (χ2v) is 13.3. The molecular formula is C32H28F3N7O8S. The third-order valence-electron chi connectivity index (χ3n) is 8.11. The number of halogens is 3. The number of fused-ring (bicyclic) bond motifs is 1. The molecule has 0 spiro atoms. The summed E-state index contributed by atoms with van der Waals surface area (Å²) in [6.07, 6.45) is -5.63. The Morgan fingerprint density at radius 1 is 1.04 bits per heavy atom. The summed E-state index contributed by atoms with van der Waals surface area (Å²) in [6.45, 7) is 1.26. The molecule has 3 amide bonds. The fraction of sp³-hybridized carbons (Fsp3) is 0.250. The van der Waals surface area contributed by atoms with Crippen molar-refractivity contribution >= 4 is 27.9 Å². The smallest absolute Gasteiger partial charge is 0.435 e. The zero-order chi connectivity index (χ0) is 36.5. The fourth-order valence-electron chi connectivity index (χ4n) is 5.45. The van der Waals surface area contributed by atoms with Crippen molar-refractivity contribution in [2.24, 2.45) is 11.2 Å². The Kier molecular flexibility index (Phi) is 9.39. The van der Waals surface area contributed by atoms with Crippen molar-refractivity contribution in [3.05, 3.63) is 106 Å². The number of aryl methyl sites for hydroxylation is 1. The molecule has 15 nitrogen and oxygen atoms in total. The van der Waals surface area contributed by atoms with Gasteiger partial charge < -0.3 is 14.8 Å². The van der Waals surface area contributed by atoms with Crippen molar-refractivity contribution in [2.75, 3.05) is 26.4 Å². The molecule has 6 rings (SSSR count). The highest BCUT2D eigenvalue weighted by Crippen LogP contribution is 2.33. The lowest BCUT2D eigenvalue weighted by atomic mass is 10.1. The van der Waals surface area contributed by atoms with Crippen LogP contribution in [0.2, 0.25) is 0 Å². The minimum Gasteiger partial charge on any atom is -0.569 e. The Balaban J connectivity index is 1.01. The van der Waals surface area contributed by atoms with Crippen molar-refractivity contribution in [1.82, 2.24) is 24.4 Å². The molecule has 266 valence electrons. The Hall–Kier alpha value is -5.98. The first-order chi connectivity index (χ1) is 24.2. The number of amides is 3. The minimum atomic E-state index is -4.72. The molecule has 0 saturated carbocycles. The van der Waals surface area contributed by atoms with Gasteiger partial charge in [0.25, 0.3) is 21.8 Å². The first kappa shape index (κ1) is 34.9. The highest BCUT2D eigenvalue weighted by Gasteiger charge is 2.37. The molecule has 1 unspecified atom stereocenters. The van der Waals surface area contributed by atoms with E-state index in [4.69, 9.17) is 9.57 Å². The molecule has 1 aromatic heterocycles. The third kappa shape index (κ3) is 7.47.